The molecule has 0 radical (unpaired) electrons. The minimum absolute atomic E-state index is 0.0911. The van der Waals surface area contributed by atoms with Gasteiger partial charge in [-0.3, -0.25) is 15.0 Å². The zero-order chi connectivity index (χ0) is 23.3. The lowest BCUT2D eigenvalue weighted by Crippen LogP contribution is -2.44. The summed E-state index contributed by atoms with van der Waals surface area (Å²) in [7, 11) is 1.46. The van der Waals surface area contributed by atoms with Gasteiger partial charge < -0.3 is 25.1 Å². The molecule has 1 aliphatic heterocycles. The van der Waals surface area contributed by atoms with Gasteiger partial charge in [0.2, 0.25) is 11.8 Å². The van der Waals surface area contributed by atoms with Crippen molar-refractivity contribution in [2.75, 3.05) is 20.2 Å². The lowest BCUT2D eigenvalue weighted by atomic mass is 9.95. The lowest BCUT2D eigenvalue weighted by molar-refractivity contribution is -0.131. The lowest BCUT2D eigenvalue weighted by Gasteiger charge is -2.31. The molecule has 2 aromatic rings. The van der Waals surface area contributed by atoms with Gasteiger partial charge in [-0.05, 0) is 18.9 Å². The van der Waals surface area contributed by atoms with Crippen molar-refractivity contribution in [1.82, 2.24) is 20.2 Å². The molecule has 3 heterocycles. The zero-order valence-electron chi connectivity index (χ0n) is 17.9. The van der Waals surface area contributed by atoms with E-state index in [0.29, 0.717) is 49.0 Å². The van der Waals surface area contributed by atoms with Crippen molar-refractivity contribution in [3.05, 3.63) is 46.8 Å². The standard InChI is InChI=1S/C21H25ClN6O4/c1-12-25-9-14(32-12)10-27-20(29)13-3-5-28(6-4-13)21(30)18(24)8-17(23)15-7-19(31-2)26-11-16(15)22/h7-9,11,13,24H,3-6,10,23H2,1-2H3,(H,27,29)/b17-8-,24-18?. The largest absolute Gasteiger partial charge is 0.481 e. The predicted octanol–water partition coefficient (Wildman–Crippen LogP) is 1.91. The Balaban J connectivity index is 1.53. The molecule has 2 amide bonds. The molecule has 1 aliphatic rings. The normalized spacial score (nSPS) is 14.8. The number of nitrogens with zero attached hydrogens (tertiary/aromatic N) is 3. The molecule has 0 spiro atoms. The molecule has 4 N–H and O–H groups in total. The molecule has 10 nitrogen and oxygen atoms in total. The number of hydrogen-bond acceptors (Lipinski definition) is 8. The minimum Gasteiger partial charge on any atom is -0.481 e. The minimum atomic E-state index is -0.457. The maximum Gasteiger partial charge on any atom is 0.271 e. The average molecular weight is 461 g/mol. The van der Waals surface area contributed by atoms with Crippen molar-refractivity contribution in [3.63, 3.8) is 0 Å². The fourth-order valence-electron chi connectivity index (χ4n) is 3.37. The average Bonchev–Trinajstić information content (AvgIpc) is 3.22. The number of piperidine rings is 1. The van der Waals surface area contributed by atoms with Crippen molar-refractivity contribution < 1.29 is 18.7 Å². The van der Waals surface area contributed by atoms with E-state index in [2.05, 4.69) is 15.3 Å². The van der Waals surface area contributed by atoms with E-state index < -0.39 is 5.91 Å². The maximum absolute atomic E-state index is 12.7. The van der Waals surface area contributed by atoms with Crippen LogP contribution in [0.15, 0.2) is 29.0 Å². The first-order valence-corrected chi connectivity index (χ1v) is 10.4. The highest BCUT2D eigenvalue weighted by molar-refractivity contribution is 6.43. The molecule has 0 aliphatic carbocycles. The number of aromatic nitrogens is 2. The number of nitrogens with one attached hydrogen (secondary N) is 2. The summed E-state index contributed by atoms with van der Waals surface area (Å²) < 4.78 is 10.4. The van der Waals surface area contributed by atoms with E-state index in [1.807, 2.05) is 0 Å². The van der Waals surface area contributed by atoms with Crippen molar-refractivity contribution in [1.29, 1.82) is 5.41 Å². The molecule has 0 bridgehead atoms. The fourth-order valence-corrected chi connectivity index (χ4v) is 3.58. The summed E-state index contributed by atoms with van der Waals surface area (Å²) in [4.78, 5) is 34.6. The van der Waals surface area contributed by atoms with E-state index in [1.54, 1.807) is 18.0 Å². The van der Waals surface area contributed by atoms with Crippen LogP contribution in [0.1, 0.15) is 30.1 Å². The number of pyridine rings is 1. The Kier molecular flexibility index (Phi) is 7.47. The van der Waals surface area contributed by atoms with Crippen LogP contribution in [0, 0.1) is 18.3 Å². The highest BCUT2D eigenvalue weighted by atomic mass is 35.5. The fraction of sp³-hybridized carbons (Fsp3) is 0.381. The summed E-state index contributed by atoms with van der Waals surface area (Å²) in [6.07, 6.45) is 5.25. The van der Waals surface area contributed by atoms with Crippen LogP contribution < -0.4 is 15.8 Å². The predicted molar refractivity (Wildman–Crippen MR) is 118 cm³/mol. The number of amides is 2. The number of rotatable bonds is 7. The molecule has 0 aromatic carbocycles. The highest BCUT2D eigenvalue weighted by Crippen LogP contribution is 2.24. The summed E-state index contributed by atoms with van der Waals surface area (Å²) in [6, 6.07) is 1.54. The van der Waals surface area contributed by atoms with Gasteiger partial charge in [0, 0.05) is 43.3 Å². The zero-order valence-corrected chi connectivity index (χ0v) is 18.6. The van der Waals surface area contributed by atoms with E-state index in [-0.39, 0.29) is 34.8 Å². The van der Waals surface area contributed by atoms with Gasteiger partial charge in [-0.15, -0.1) is 0 Å². The number of halogens is 1. The molecular formula is C21H25ClN6O4. The van der Waals surface area contributed by atoms with E-state index in [9.17, 15) is 9.59 Å². The number of likely N-dealkylation sites (tertiary alicyclic amines) is 1. The third kappa shape index (κ3) is 5.64. The smallest absolute Gasteiger partial charge is 0.271 e. The van der Waals surface area contributed by atoms with Gasteiger partial charge in [-0.1, -0.05) is 11.6 Å². The van der Waals surface area contributed by atoms with E-state index >= 15 is 0 Å². The van der Waals surface area contributed by atoms with Crippen LogP contribution in [0.2, 0.25) is 5.02 Å². The Morgan fingerprint density at radius 2 is 2.09 bits per heavy atom. The van der Waals surface area contributed by atoms with Gasteiger partial charge in [0.1, 0.15) is 11.5 Å². The molecule has 2 aromatic heterocycles. The van der Waals surface area contributed by atoms with Crippen LogP contribution in [0.3, 0.4) is 0 Å². The molecule has 170 valence electrons. The molecule has 1 fully saturated rings. The second-order valence-electron chi connectivity index (χ2n) is 7.35. The first-order valence-electron chi connectivity index (χ1n) is 10.0. The Morgan fingerprint density at radius 1 is 1.38 bits per heavy atom. The topological polar surface area (TPSA) is 147 Å². The summed E-state index contributed by atoms with van der Waals surface area (Å²) >= 11 is 6.12. The Morgan fingerprint density at radius 3 is 2.72 bits per heavy atom. The Labute approximate surface area is 190 Å². The van der Waals surface area contributed by atoms with Crippen LogP contribution in [0.4, 0.5) is 0 Å². The van der Waals surface area contributed by atoms with Crippen LogP contribution in [-0.2, 0) is 16.1 Å². The molecule has 11 heteroatoms. The third-order valence-corrected chi connectivity index (χ3v) is 5.44. The number of nitrogens with two attached hydrogens (primary N) is 1. The summed E-state index contributed by atoms with van der Waals surface area (Å²) in [5.74, 6) is 0.697. The second kappa shape index (κ2) is 10.3. The van der Waals surface area contributed by atoms with Crippen molar-refractivity contribution in [2.24, 2.45) is 11.7 Å². The molecular weight excluding hydrogens is 436 g/mol. The number of aryl methyl sites for hydroxylation is 1. The number of carbonyl (C=O) groups excluding carboxylic acids is 2. The van der Waals surface area contributed by atoms with Crippen LogP contribution in [-0.4, -0.2) is 52.6 Å². The van der Waals surface area contributed by atoms with Gasteiger partial charge in [0.15, 0.2) is 5.89 Å². The number of carbonyl (C=O) groups is 2. The monoisotopic (exact) mass is 460 g/mol. The molecule has 1 saturated heterocycles. The van der Waals surface area contributed by atoms with Gasteiger partial charge in [0.25, 0.3) is 5.91 Å². The molecule has 0 unspecified atom stereocenters. The number of ether oxygens (including phenoxy) is 1. The first kappa shape index (κ1) is 23.3. The number of oxazole rings is 1. The first-order chi connectivity index (χ1) is 15.3. The summed E-state index contributed by atoms with van der Waals surface area (Å²) in [5, 5.41) is 11.3. The van der Waals surface area contributed by atoms with Gasteiger partial charge in [-0.2, -0.15) is 0 Å². The molecule has 0 atom stereocenters. The number of methoxy groups -OCH3 is 1. The van der Waals surface area contributed by atoms with E-state index in [1.165, 1.54) is 25.4 Å². The third-order valence-electron chi connectivity index (χ3n) is 5.14. The van der Waals surface area contributed by atoms with Gasteiger partial charge >= 0.3 is 0 Å². The van der Waals surface area contributed by atoms with Crippen LogP contribution in [0.25, 0.3) is 5.70 Å². The second-order valence-corrected chi connectivity index (χ2v) is 7.76. The SMILES string of the molecule is COc1cc(/C(N)=C/C(=N)C(=O)N2CCC(C(=O)NCc3cnc(C)o3)CC2)c(Cl)cn1. The summed E-state index contributed by atoms with van der Waals surface area (Å²) in [6.45, 7) is 2.76. The van der Waals surface area contributed by atoms with Crippen molar-refractivity contribution in [3.8, 4) is 5.88 Å². The van der Waals surface area contributed by atoms with Crippen molar-refractivity contribution >= 4 is 34.8 Å². The van der Waals surface area contributed by atoms with E-state index in [4.69, 9.17) is 31.9 Å². The highest BCUT2D eigenvalue weighted by Gasteiger charge is 2.28. The summed E-state index contributed by atoms with van der Waals surface area (Å²) in [5.41, 5.74) is 6.37. The maximum atomic E-state index is 12.7. The molecule has 3 rings (SSSR count). The van der Waals surface area contributed by atoms with Crippen LogP contribution >= 0.6 is 11.6 Å². The molecule has 32 heavy (non-hydrogen) atoms. The Hall–Kier alpha value is -3.40. The van der Waals surface area contributed by atoms with Crippen LogP contribution in [0.5, 0.6) is 5.88 Å². The van der Waals surface area contributed by atoms with Gasteiger partial charge in [0.05, 0.1) is 31.1 Å². The van der Waals surface area contributed by atoms with Gasteiger partial charge in [-0.25, -0.2) is 9.97 Å². The van der Waals surface area contributed by atoms with Crippen molar-refractivity contribution in [2.45, 2.75) is 26.3 Å². The number of hydrogen-bond donors (Lipinski definition) is 3. The quantitative estimate of drug-likeness (QED) is 0.534. The Bertz CT molecular complexity index is 1040. The molecule has 0 saturated carbocycles. The van der Waals surface area contributed by atoms with E-state index in [0.717, 1.165) is 0 Å².